The van der Waals surface area contributed by atoms with Crippen LogP contribution in [0, 0.1) is 12.3 Å². The fourth-order valence-electron chi connectivity index (χ4n) is 4.96. The summed E-state index contributed by atoms with van der Waals surface area (Å²) in [5.41, 5.74) is 0.791. The van der Waals surface area contributed by atoms with Crippen molar-refractivity contribution in [2.75, 3.05) is 40.0 Å². The van der Waals surface area contributed by atoms with E-state index >= 15 is 0 Å². The molecule has 1 N–H and O–H groups in total. The average Bonchev–Trinajstić information content (AvgIpc) is 3.40. The van der Waals surface area contributed by atoms with E-state index in [1.807, 2.05) is 24.0 Å². The number of ether oxygens (including phenoxy) is 2. The number of piperidine rings is 1. The van der Waals surface area contributed by atoms with E-state index in [0.717, 1.165) is 50.7 Å². The van der Waals surface area contributed by atoms with Crippen LogP contribution in [0.15, 0.2) is 18.2 Å². The van der Waals surface area contributed by atoms with Gasteiger partial charge in [-0.1, -0.05) is 0 Å². The average molecular weight is 383 g/mol. The molecule has 148 valence electrons. The molecule has 28 heavy (non-hydrogen) atoms. The van der Waals surface area contributed by atoms with Crippen LogP contribution in [0.1, 0.15) is 40.8 Å². The summed E-state index contributed by atoms with van der Waals surface area (Å²) in [5, 5.41) is 7.43. The molecule has 1 aromatic carbocycles. The number of rotatable bonds is 2. The topological polar surface area (TPSA) is 83.6 Å². The molecule has 0 aliphatic carbocycles. The minimum absolute atomic E-state index is 0.0600. The number of fused-ring (bicyclic) bond motifs is 1. The molecule has 2 aromatic rings. The van der Waals surface area contributed by atoms with E-state index in [1.54, 1.807) is 6.07 Å². The number of carbonyl (C=O) groups is 1. The Morgan fingerprint density at radius 2 is 2.04 bits per heavy atom. The van der Waals surface area contributed by atoms with Gasteiger partial charge in [0.1, 0.15) is 5.82 Å². The number of hydrogen-bond acceptors (Lipinski definition) is 6. The van der Waals surface area contributed by atoms with Crippen LogP contribution in [0.5, 0.6) is 11.5 Å². The standard InChI is InChI=1S/C20H25N5O3/c1-13-21-18(23-22-13)15-10-24(2)11-20(15)5-7-25(8-6-20)19(26)14-3-4-16-17(9-14)28-12-27-16/h3-4,9,15H,5-8,10-12H2,1-2H3,(H,21,22,23). The van der Waals surface area contributed by atoms with Gasteiger partial charge in [0.15, 0.2) is 17.3 Å². The Bertz CT molecular complexity index is 903. The van der Waals surface area contributed by atoms with Crippen molar-refractivity contribution in [2.45, 2.75) is 25.7 Å². The van der Waals surface area contributed by atoms with Gasteiger partial charge in [0.2, 0.25) is 6.79 Å². The van der Waals surface area contributed by atoms with Crippen molar-refractivity contribution in [3.63, 3.8) is 0 Å². The van der Waals surface area contributed by atoms with Gasteiger partial charge in [-0.3, -0.25) is 9.89 Å². The first-order valence-electron chi connectivity index (χ1n) is 9.80. The Morgan fingerprint density at radius 3 is 2.79 bits per heavy atom. The lowest BCUT2D eigenvalue weighted by atomic mass is 9.70. The molecule has 2 saturated heterocycles. The normalized spacial score (nSPS) is 23.5. The third kappa shape index (κ3) is 2.83. The minimum atomic E-state index is 0.0600. The van der Waals surface area contributed by atoms with Gasteiger partial charge in [-0.2, -0.15) is 5.10 Å². The Morgan fingerprint density at radius 1 is 1.25 bits per heavy atom. The first-order chi connectivity index (χ1) is 13.5. The van der Waals surface area contributed by atoms with E-state index in [2.05, 4.69) is 27.1 Å². The van der Waals surface area contributed by atoms with Crippen LogP contribution in [-0.2, 0) is 0 Å². The molecule has 2 fully saturated rings. The number of likely N-dealkylation sites (tertiary alicyclic amines) is 2. The largest absolute Gasteiger partial charge is 0.454 e. The SMILES string of the molecule is Cc1nc(C2CN(C)CC23CCN(C(=O)c2ccc4c(c2)OCO4)CC3)n[nH]1. The maximum atomic E-state index is 13.0. The van der Waals surface area contributed by atoms with Crippen molar-refractivity contribution in [3.8, 4) is 11.5 Å². The maximum Gasteiger partial charge on any atom is 0.253 e. The number of aromatic amines is 1. The van der Waals surface area contributed by atoms with E-state index < -0.39 is 0 Å². The predicted molar refractivity (Wildman–Crippen MR) is 101 cm³/mol. The van der Waals surface area contributed by atoms with E-state index in [1.165, 1.54) is 0 Å². The van der Waals surface area contributed by atoms with Crippen molar-refractivity contribution in [1.29, 1.82) is 0 Å². The molecule has 4 heterocycles. The second-order valence-corrected chi connectivity index (χ2v) is 8.25. The zero-order chi connectivity index (χ0) is 19.3. The zero-order valence-corrected chi connectivity index (χ0v) is 16.3. The van der Waals surface area contributed by atoms with Crippen LogP contribution in [0.25, 0.3) is 0 Å². The molecule has 3 aliphatic heterocycles. The number of benzene rings is 1. The lowest BCUT2D eigenvalue weighted by Crippen LogP contribution is -2.46. The van der Waals surface area contributed by atoms with Gasteiger partial charge < -0.3 is 19.3 Å². The smallest absolute Gasteiger partial charge is 0.253 e. The van der Waals surface area contributed by atoms with Crippen molar-refractivity contribution in [1.82, 2.24) is 25.0 Å². The van der Waals surface area contributed by atoms with Crippen LogP contribution in [-0.4, -0.2) is 70.9 Å². The highest BCUT2D eigenvalue weighted by Gasteiger charge is 2.49. The summed E-state index contributed by atoms with van der Waals surface area (Å²) in [6.07, 6.45) is 1.93. The number of hydrogen-bond donors (Lipinski definition) is 1. The summed E-state index contributed by atoms with van der Waals surface area (Å²) in [6, 6.07) is 5.43. The summed E-state index contributed by atoms with van der Waals surface area (Å²) in [4.78, 5) is 22.0. The minimum Gasteiger partial charge on any atom is -0.454 e. The van der Waals surface area contributed by atoms with Crippen molar-refractivity contribution >= 4 is 5.91 Å². The van der Waals surface area contributed by atoms with Gasteiger partial charge in [0.05, 0.1) is 0 Å². The first kappa shape index (κ1) is 17.5. The van der Waals surface area contributed by atoms with Crippen LogP contribution in [0.2, 0.25) is 0 Å². The molecule has 1 spiro atoms. The number of nitrogens with one attached hydrogen (secondary N) is 1. The first-order valence-corrected chi connectivity index (χ1v) is 9.80. The predicted octanol–water partition coefficient (Wildman–Crippen LogP) is 1.79. The number of amides is 1. The molecule has 1 atom stereocenters. The summed E-state index contributed by atoms with van der Waals surface area (Å²) in [7, 11) is 2.16. The molecule has 1 unspecified atom stereocenters. The van der Waals surface area contributed by atoms with Crippen LogP contribution >= 0.6 is 0 Å². The van der Waals surface area contributed by atoms with E-state index in [-0.39, 0.29) is 18.1 Å². The molecular weight excluding hydrogens is 358 g/mol. The highest BCUT2D eigenvalue weighted by Crippen LogP contribution is 2.48. The van der Waals surface area contributed by atoms with Gasteiger partial charge in [-0.25, -0.2) is 4.98 Å². The number of H-pyrrole nitrogens is 1. The van der Waals surface area contributed by atoms with Crippen LogP contribution < -0.4 is 9.47 Å². The summed E-state index contributed by atoms with van der Waals surface area (Å²) in [6.45, 7) is 5.65. The highest BCUT2D eigenvalue weighted by molar-refractivity contribution is 5.95. The second kappa shape index (κ2) is 6.48. The fraction of sp³-hybridized carbons (Fsp3) is 0.550. The van der Waals surface area contributed by atoms with Gasteiger partial charge in [-0.05, 0) is 50.4 Å². The van der Waals surface area contributed by atoms with E-state index in [0.29, 0.717) is 23.0 Å². The Labute approximate surface area is 163 Å². The highest BCUT2D eigenvalue weighted by atomic mass is 16.7. The molecular formula is C20H25N5O3. The molecule has 8 heteroatoms. The van der Waals surface area contributed by atoms with Crippen molar-refractivity contribution in [2.24, 2.45) is 5.41 Å². The van der Waals surface area contributed by atoms with Crippen LogP contribution in [0.3, 0.4) is 0 Å². The van der Waals surface area contributed by atoms with Gasteiger partial charge in [0.25, 0.3) is 5.91 Å². The Balaban J connectivity index is 1.32. The lowest BCUT2D eigenvalue weighted by molar-refractivity contribution is 0.0562. The van der Waals surface area contributed by atoms with Crippen molar-refractivity contribution < 1.29 is 14.3 Å². The lowest BCUT2D eigenvalue weighted by Gasteiger charge is -2.42. The van der Waals surface area contributed by atoms with Crippen LogP contribution in [0.4, 0.5) is 0 Å². The molecule has 0 radical (unpaired) electrons. The number of carbonyl (C=O) groups excluding carboxylic acids is 1. The number of nitrogens with zero attached hydrogens (tertiary/aromatic N) is 4. The molecule has 8 nitrogen and oxygen atoms in total. The van der Waals surface area contributed by atoms with Gasteiger partial charge >= 0.3 is 0 Å². The Kier molecular flexibility index (Phi) is 4.04. The van der Waals surface area contributed by atoms with E-state index in [9.17, 15) is 4.79 Å². The molecule has 1 aromatic heterocycles. The number of aromatic nitrogens is 3. The zero-order valence-electron chi connectivity index (χ0n) is 16.3. The number of likely N-dealkylation sites (N-methyl/N-ethyl adjacent to an activating group) is 1. The monoisotopic (exact) mass is 383 g/mol. The summed E-state index contributed by atoms with van der Waals surface area (Å²) >= 11 is 0. The third-order valence-electron chi connectivity index (χ3n) is 6.41. The molecule has 0 saturated carbocycles. The quantitative estimate of drug-likeness (QED) is 0.851. The van der Waals surface area contributed by atoms with Gasteiger partial charge in [0, 0.05) is 37.7 Å². The van der Waals surface area contributed by atoms with Crippen molar-refractivity contribution in [3.05, 3.63) is 35.4 Å². The van der Waals surface area contributed by atoms with E-state index in [4.69, 9.17) is 9.47 Å². The number of aryl methyl sites for hydroxylation is 1. The third-order valence-corrected chi connectivity index (χ3v) is 6.41. The maximum absolute atomic E-state index is 13.0. The fourth-order valence-corrected chi connectivity index (χ4v) is 4.96. The summed E-state index contributed by atoms with van der Waals surface area (Å²) < 4.78 is 10.8. The summed E-state index contributed by atoms with van der Waals surface area (Å²) in [5.74, 6) is 3.49. The Hall–Kier alpha value is -2.61. The molecule has 0 bridgehead atoms. The van der Waals surface area contributed by atoms with Gasteiger partial charge in [-0.15, -0.1) is 0 Å². The molecule has 5 rings (SSSR count). The molecule has 1 amide bonds. The molecule has 3 aliphatic rings. The second-order valence-electron chi connectivity index (χ2n) is 8.25.